The van der Waals surface area contributed by atoms with Crippen molar-refractivity contribution < 1.29 is 9.90 Å². The van der Waals surface area contributed by atoms with Crippen LogP contribution >= 0.6 is 0 Å². The molecule has 2 aromatic rings. The number of aliphatic carboxylic acids is 1. The fourth-order valence-corrected chi connectivity index (χ4v) is 3.07. The van der Waals surface area contributed by atoms with Gasteiger partial charge >= 0.3 is 5.97 Å². The average Bonchev–Trinajstić information content (AvgIpc) is 2.67. The molecule has 1 aliphatic heterocycles. The second kappa shape index (κ2) is 7.75. The maximum Gasteiger partial charge on any atom is 0.346 e. The molecule has 3 rings (SSSR count). The van der Waals surface area contributed by atoms with Gasteiger partial charge in [0.2, 0.25) is 0 Å². The number of carboxylic acids is 1. The molecule has 0 atom stereocenters. The summed E-state index contributed by atoms with van der Waals surface area (Å²) in [6.07, 6.45) is 1.39. The zero-order valence-electron chi connectivity index (χ0n) is 14.7. The van der Waals surface area contributed by atoms with Gasteiger partial charge in [0.05, 0.1) is 0 Å². The number of hydrogen-bond acceptors (Lipinski definition) is 4. The minimum absolute atomic E-state index is 0.260. The molecule has 5 nitrogen and oxygen atoms in total. The van der Waals surface area contributed by atoms with Gasteiger partial charge in [-0.15, -0.1) is 0 Å². The molecule has 26 heavy (non-hydrogen) atoms. The highest BCUT2D eigenvalue weighted by molar-refractivity contribution is 5.96. The quantitative estimate of drug-likeness (QED) is 0.679. The van der Waals surface area contributed by atoms with Gasteiger partial charge in [0, 0.05) is 37.6 Å². The Balaban J connectivity index is 1.64. The molecule has 0 aromatic heterocycles. The largest absolute Gasteiger partial charge is 0.477 e. The Morgan fingerprint density at radius 1 is 0.962 bits per heavy atom. The number of carbonyl (C=O) groups is 1. The number of aryl methyl sites for hydroxylation is 1. The van der Waals surface area contributed by atoms with E-state index in [9.17, 15) is 4.79 Å². The molecular formula is C21H21N3O2. The summed E-state index contributed by atoms with van der Waals surface area (Å²) in [5.74, 6) is -1.20. The minimum Gasteiger partial charge on any atom is -0.477 e. The highest BCUT2D eigenvalue weighted by atomic mass is 16.4. The lowest BCUT2D eigenvalue weighted by atomic mass is 10.1. The molecule has 5 heteroatoms. The van der Waals surface area contributed by atoms with E-state index >= 15 is 0 Å². The Morgan fingerprint density at radius 3 is 1.85 bits per heavy atom. The van der Waals surface area contributed by atoms with Crippen molar-refractivity contribution in [2.24, 2.45) is 0 Å². The van der Waals surface area contributed by atoms with Gasteiger partial charge in [-0.25, -0.2) is 4.79 Å². The van der Waals surface area contributed by atoms with Crippen molar-refractivity contribution in [3.8, 4) is 6.07 Å². The number of hydrogen-bond donors (Lipinski definition) is 1. The van der Waals surface area contributed by atoms with Crippen molar-refractivity contribution in [3.05, 3.63) is 65.2 Å². The van der Waals surface area contributed by atoms with Gasteiger partial charge in [0.15, 0.2) is 0 Å². The molecule has 0 radical (unpaired) electrons. The van der Waals surface area contributed by atoms with Crippen LogP contribution in [0.5, 0.6) is 0 Å². The molecule has 0 bridgehead atoms. The zero-order chi connectivity index (χ0) is 18.5. The molecule has 0 amide bonds. The topological polar surface area (TPSA) is 67.6 Å². The lowest BCUT2D eigenvalue weighted by molar-refractivity contribution is -0.132. The van der Waals surface area contributed by atoms with E-state index in [1.807, 2.05) is 24.3 Å². The summed E-state index contributed by atoms with van der Waals surface area (Å²) in [4.78, 5) is 15.6. The number of nitrogens with zero attached hydrogens (tertiary/aromatic N) is 3. The predicted molar refractivity (Wildman–Crippen MR) is 103 cm³/mol. The monoisotopic (exact) mass is 347 g/mol. The SMILES string of the molecule is Cc1ccc(N2CCN(c3ccc(C=C(C#N)C(=O)O)cc3)CC2)cc1. The Labute approximate surface area is 153 Å². The summed E-state index contributed by atoms with van der Waals surface area (Å²) in [5, 5.41) is 17.8. The maximum atomic E-state index is 10.9. The van der Waals surface area contributed by atoms with Gasteiger partial charge in [-0.2, -0.15) is 5.26 Å². The molecular weight excluding hydrogens is 326 g/mol. The first-order chi connectivity index (χ1) is 12.6. The molecule has 0 spiro atoms. The number of anilines is 2. The van der Waals surface area contributed by atoms with E-state index in [-0.39, 0.29) is 5.57 Å². The average molecular weight is 347 g/mol. The molecule has 1 aliphatic rings. The number of rotatable bonds is 4. The van der Waals surface area contributed by atoms with E-state index in [0.717, 1.165) is 31.9 Å². The fourth-order valence-electron chi connectivity index (χ4n) is 3.07. The van der Waals surface area contributed by atoms with Crippen molar-refractivity contribution in [2.75, 3.05) is 36.0 Å². The van der Waals surface area contributed by atoms with Crippen molar-refractivity contribution in [2.45, 2.75) is 6.92 Å². The first kappa shape index (κ1) is 17.6. The lowest BCUT2D eigenvalue weighted by Crippen LogP contribution is -2.46. The Kier molecular flexibility index (Phi) is 5.23. The molecule has 1 saturated heterocycles. The second-order valence-corrected chi connectivity index (χ2v) is 6.38. The highest BCUT2D eigenvalue weighted by Crippen LogP contribution is 2.22. The summed E-state index contributed by atoms with van der Waals surface area (Å²) in [6, 6.07) is 18.0. The normalized spacial score (nSPS) is 14.8. The summed E-state index contributed by atoms with van der Waals surface area (Å²) in [6.45, 7) is 5.88. The van der Waals surface area contributed by atoms with E-state index in [2.05, 4.69) is 41.0 Å². The van der Waals surface area contributed by atoms with Crippen molar-refractivity contribution in [3.63, 3.8) is 0 Å². The van der Waals surface area contributed by atoms with Crippen LogP contribution in [0.3, 0.4) is 0 Å². The minimum atomic E-state index is -1.20. The third-order valence-corrected chi connectivity index (χ3v) is 4.60. The van der Waals surface area contributed by atoms with Crippen LogP contribution < -0.4 is 9.80 Å². The second-order valence-electron chi connectivity index (χ2n) is 6.38. The van der Waals surface area contributed by atoms with E-state index < -0.39 is 5.97 Å². The van der Waals surface area contributed by atoms with Crippen LogP contribution in [-0.2, 0) is 4.79 Å². The third kappa shape index (κ3) is 4.04. The molecule has 0 aliphatic carbocycles. The molecule has 1 N–H and O–H groups in total. The van der Waals surface area contributed by atoms with Crippen LogP contribution in [0.1, 0.15) is 11.1 Å². The van der Waals surface area contributed by atoms with E-state index in [0.29, 0.717) is 5.56 Å². The van der Waals surface area contributed by atoms with Gasteiger partial charge < -0.3 is 14.9 Å². The van der Waals surface area contributed by atoms with E-state index in [1.54, 1.807) is 6.07 Å². The van der Waals surface area contributed by atoms with Gasteiger partial charge in [-0.05, 0) is 42.8 Å². The summed E-state index contributed by atoms with van der Waals surface area (Å²) in [7, 11) is 0. The summed E-state index contributed by atoms with van der Waals surface area (Å²) >= 11 is 0. The maximum absolute atomic E-state index is 10.9. The number of piperazine rings is 1. The third-order valence-electron chi connectivity index (χ3n) is 4.60. The standard InChI is InChI=1S/C21H21N3O2/c1-16-2-6-19(7-3-16)23-10-12-24(13-11-23)20-8-4-17(5-9-20)14-18(15-22)21(25)26/h2-9,14H,10-13H2,1H3,(H,25,26). The van der Waals surface area contributed by atoms with Gasteiger partial charge in [0.25, 0.3) is 0 Å². The number of nitriles is 1. The number of carboxylic acid groups (broad SMARTS) is 1. The van der Waals surface area contributed by atoms with Gasteiger partial charge in [-0.3, -0.25) is 0 Å². The van der Waals surface area contributed by atoms with Crippen molar-refractivity contribution in [1.82, 2.24) is 0 Å². The van der Waals surface area contributed by atoms with Crippen LogP contribution in [0.25, 0.3) is 6.08 Å². The first-order valence-electron chi connectivity index (χ1n) is 8.58. The van der Waals surface area contributed by atoms with Crippen LogP contribution in [0.15, 0.2) is 54.1 Å². The Bertz CT molecular complexity index is 840. The zero-order valence-corrected chi connectivity index (χ0v) is 14.7. The van der Waals surface area contributed by atoms with Crippen LogP contribution in [0, 0.1) is 18.3 Å². The molecule has 0 unspecified atom stereocenters. The van der Waals surface area contributed by atoms with Crippen molar-refractivity contribution in [1.29, 1.82) is 5.26 Å². The molecule has 1 fully saturated rings. The van der Waals surface area contributed by atoms with E-state index in [4.69, 9.17) is 10.4 Å². The van der Waals surface area contributed by atoms with Gasteiger partial charge in [-0.1, -0.05) is 29.8 Å². The van der Waals surface area contributed by atoms with Crippen LogP contribution in [-0.4, -0.2) is 37.3 Å². The molecule has 1 heterocycles. The fraction of sp³-hybridized carbons (Fsp3) is 0.238. The molecule has 0 saturated carbocycles. The van der Waals surface area contributed by atoms with Gasteiger partial charge in [0.1, 0.15) is 11.6 Å². The summed E-state index contributed by atoms with van der Waals surface area (Å²) in [5.41, 5.74) is 4.09. The lowest BCUT2D eigenvalue weighted by Gasteiger charge is -2.37. The molecule has 2 aromatic carbocycles. The predicted octanol–water partition coefficient (Wildman–Crippen LogP) is 3.31. The smallest absolute Gasteiger partial charge is 0.346 e. The highest BCUT2D eigenvalue weighted by Gasteiger charge is 2.17. The van der Waals surface area contributed by atoms with Crippen LogP contribution in [0.2, 0.25) is 0 Å². The van der Waals surface area contributed by atoms with Crippen LogP contribution in [0.4, 0.5) is 11.4 Å². The Morgan fingerprint density at radius 2 is 1.42 bits per heavy atom. The number of benzene rings is 2. The van der Waals surface area contributed by atoms with E-state index in [1.165, 1.54) is 17.3 Å². The summed E-state index contributed by atoms with van der Waals surface area (Å²) < 4.78 is 0. The van der Waals surface area contributed by atoms with Crippen molar-refractivity contribution >= 4 is 23.4 Å². The Hall–Kier alpha value is -3.26. The first-order valence-corrected chi connectivity index (χ1v) is 8.58. The molecule has 132 valence electrons.